The first kappa shape index (κ1) is 17.3. The van der Waals surface area contributed by atoms with Crippen molar-refractivity contribution in [3.05, 3.63) is 52.0 Å². The summed E-state index contributed by atoms with van der Waals surface area (Å²) in [6.45, 7) is 5.85. The fraction of sp³-hybridized carbons (Fsp3) is 0.278. The Morgan fingerprint density at radius 2 is 2.04 bits per heavy atom. The number of nitrogen functional groups attached to an aromatic ring is 1. The smallest absolute Gasteiger partial charge is 0.228 e. The van der Waals surface area contributed by atoms with E-state index in [1.807, 2.05) is 51.1 Å². The van der Waals surface area contributed by atoms with Crippen LogP contribution in [0.25, 0.3) is 0 Å². The Bertz CT molecular complexity index is 714. The van der Waals surface area contributed by atoms with E-state index < -0.39 is 0 Å². The lowest BCUT2D eigenvalue weighted by molar-refractivity contribution is -0.115. The summed E-state index contributed by atoms with van der Waals surface area (Å²) < 4.78 is 6.53. The van der Waals surface area contributed by atoms with E-state index in [0.717, 1.165) is 21.3 Å². The normalized spacial score (nSPS) is 10.7. The second-order valence-electron chi connectivity index (χ2n) is 5.72. The quantitative estimate of drug-likeness (QED) is 0.764. The Morgan fingerprint density at radius 3 is 2.74 bits per heavy atom. The predicted molar refractivity (Wildman–Crippen MR) is 97.8 cm³/mol. The van der Waals surface area contributed by atoms with Gasteiger partial charge in [-0.15, -0.1) is 0 Å². The van der Waals surface area contributed by atoms with Crippen molar-refractivity contribution >= 4 is 33.2 Å². The SMILES string of the molecule is Cc1cc(Br)cc(NC(=O)Cc2cccc(OC(C)C)c2)c1N. The van der Waals surface area contributed by atoms with Crippen LogP contribution >= 0.6 is 15.9 Å². The van der Waals surface area contributed by atoms with E-state index in [1.165, 1.54) is 0 Å². The number of benzene rings is 2. The highest BCUT2D eigenvalue weighted by molar-refractivity contribution is 9.10. The summed E-state index contributed by atoms with van der Waals surface area (Å²) in [5.74, 6) is 0.652. The fourth-order valence-electron chi connectivity index (χ4n) is 2.24. The van der Waals surface area contributed by atoms with Crippen LogP contribution < -0.4 is 15.8 Å². The van der Waals surface area contributed by atoms with Gasteiger partial charge in [-0.25, -0.2) is 0 Å². The maximum Gasteiger partial charge on any atom is 0.228 e. The molecule has 2 aromatic rings. The van der Waals surface area contributed by atoms with E-state index in [1.54, 1.807) is 6.07 Å². The van der Waals surface area contributed by atoms with Gasteiger partial charge in [0.15, 0.2) is 0 Å². The Morgan fingerprint density at radius 1 is 1.30 bits per heavy atom. The van der Waals surface area contributed by atoms with E-state index in [2.05, 4.69) is 21.2 Å². The third-order valence-electron chi connectivity index (χ3n) is 3.26. The Kier molecular flexibility index (Phi) is 5.66. The zero-order valence-electron chi connectivity index (χ0n) is 13.5. The number of hydrogen-bond donors (Lipinski definition) is 2. The van der Waals surface area contributed by atoms with Crippen molar-refractivity contribution in [1.29, 1.82) is 0 Å². The number of ether oxygens (including phenoxy) is 1. The first-order chi connectivity index (χ1) is 10.8. The predicted octanol–water partition coefficient (Wildman–Crippen LogP) is 4.31. The zero-order chi connectivity index (χ0) is 17.0. The molecule has 3 N–H and O–H groups in total. The van der Waals surface area contributed by atoms with Gasteiger partial charge in [0.1, 0.15) is 5.75 Å². The van der Waals surface area contributed by atoms with Crippen LogP contribution in [0.3, 0.4) is 0 Å². The third-order valence-corrected chi connectivity index (χ3v) is 3.72. The summed E-state index contributed by atoms with van der Waals surface area (Å²) in [5, 5.41) is 2.87. The molecule has 0 atom stereocenters. The number of aryl methyl sites for hydroxylation is 1. The summed E-state index contributed by atoms with van der Waals surface area (Å²) in [6, 6.07) is 11.3. The lowest BCUT2D eigenvalue weighted by Gasteiger charge is -2.12. The molecule has 2 aromatic carbocycles. The van der Waals surface area contributed by atoms with Gasteiger partial charge in [-0.1, -0.05) is 28.1 Å². The van der Waals surface area contributed by atoms with E-state index in [-0.39, 0.29) is 18.4 Å². The van der Waals surface area contributed by atoms with Crippen molar-refractivity contribution in [2.45, 2.75) is 33.3 Å². The zero-order valence-corrected chi connectivity index (χ0v) is 15.1. The van der Waals surface area contributed by atoms with Crippen LogP contribution in [0.15, 0.2) is 40.9 Å². The molecule has 0 saturated heterocycles. The molecular formula is C18H21BrN2O2. The van der Waals surface area contributed by atoms with E-state index in [4.69, 9.17) is 10.5 Å². The minimum atomic E-state index is -0.115. The van der Waals surface area contributed by atoms with E-state index in [0.29, 0.717) is 11.4 Å². The minimum absolute atomic E-state index is 0.100. The largest absolute Gasteiger partial charge is 0.491 e. The standard InChI is InChI=1S/C18H21BrN2O2/c1-11(2)23-15-6-4-5-13(8-15)9-17(22)21-16-10-14(19)7-12(3)18(16)20/h4-8,10-11H,9,20H2,1-3H3,(H,21,22). The highest BCUT2D eigenvalue weighted by Gasteiger charge is 2.10. The molecular weight excluding hydrogens is 356 g/mol. The van der Waals surface area contributed by atoms with Gasteiger partial charge in [-0.2, -0.15) is 0 Å². The number of nitrogens with two attached hydrogens (primary N) is 1. The Labute approximate surface area is 145 Å². The van der Waals surface area contributed by atoms with Gasteiger partial charge in [0, 0.05) is 4.47 Å². The number of anilines is 2. The van der Waals surface area contributed by atoms with Crippen molar-refractivity contribution in [3.8, 4) is 5.75 Å². The second kappa shape index (κ2) is 7.51. The van der Waals surface area contributed by atoms with Gasteiger partial charge >= 0.3 is 0 Å². The summed E-state index contributed by atoms with van der Waals surface area (Å²) >= 11 is 3.41. The summed E-state index contributed by atoms with van der Waals surface area (Å²) in [4.78, 5) is 12.3. The molecule has 0 unspecified atom stereocenters. The molecule has 0 aliphatic carbocycles. The summed E-state index contributed by atoms with van der Waals surface area (Å²) in [5.41, 5.74) is 9.03. The van der Waals surface area contributed by atoms with Crippen molar-refractivity contribution in [2.24, 2.45) is 0 Å². The first-order valence-electron chi connectivity index (χ1n) is 7.46. The number of rotatable bonds is 5. The van der Waals surface area contributed by atoms with Crippen LogP contribution in [0.4, 0.5) is 11.4 Å². The van der Waals surface area contributed by atoms with Crippen LogP contribution in [0.1, 0.15) is 25.0 Å². The molecule has 0 saturated carbocycles. The fourth-order valence-corrected chi connectivity index (χ4v) is 2.81. The topological polar surface area (TPSA) is 64.3 Å². The average molecular weight is 377 g/mol. The number of hydrogen-bond acceptors (Lipinski definition) is 3. The molecule has 0 radical (unpaired) electrons. The van der Waals surface area contributed by atoms with Crippen LogP contribution in [-0.2, 0) is 11.2 Å². The van der Waals surface area contributed by atoms with Gasteiger partial charge in [-0.05, 0) is 56.2 Å². The van der Waals surface area contributed by atoms with Crippen LogP contribution in [0, 0.1) is 6.92 Å². The van der Waals surface area contributed by atoms with Crippen molar-refractivity contribution in [1.82, 2.24) is 0 Å². The summed E-state index contributed by atoms with van der Waals surface area (Å²) in [7, 11) is 0. The highest BCUT2D eigenvalue weighted by Crippen LogP contribution is 2.27. The van der Waals surface area contributed by atoms with E-state index in [9.17, 15) is 4.79 Å². The lowest BCUT2D eigenvalue weighted by Crippen LogP contribution is -2.16. The number of nitrogens with one attached hydrogen (secondary N) is 1. The minimum Gasteiger partial charge on any atom is -0.491 e. The van der Waals surface area contributed by atoms with Gasteiger partial charge in [0.25, 0.3) is 0 Å². The molecule has 0 spiro atoms. The highest BCUT2D eigenvalue weighted by atomic mass is 79.9. The van der Waals surface area contributed by atoms with Gasteiger partial charge in [0.2, 0.25) is 5.91 Å². The average Bonchev–Trinajstić information content (AvgIpc) is 2.43. The number of carbonyl (C=O) groups is 1. The monoisotopic (exact) mass is 376 g/mol. The maximum absolute atomic E-state index is 12.3. The number of carbonyl (C=O) groups excluding carboxylic acids is 1. The van der Waals surface area contributed by atoms with Gasteiger partial charge in [0.05, 0.1) is 23.9 Å². The molecule has 2 rings (SSSR count). The second-order valence-corrected chi connectivity index (χ2v) is 6.64. The van der Waals surface area contributed by atoms with Gasteiger partial charge < -0.3 is 15.8 Å². The number of halogens is 1. The molecule has 23 heavy (non-hydrogen) atoms. The molecule has 4 nitrogen and oxygen atoms in total. The van der Waals surface area contributed by atoms with Crippen molar-refractivity contribution < 1.29 is 9.53 Å². The summed E-state index contributed by atoms with van der Waals surface area (Å²) in [6.07, 6.45) is 0.365. The van der Waals surface area contributed by atoms with Crippen LogP contribution in [0.5, 0.6) is 5.75 Å². The van der Waals surface area contributed by atoms with Crippen LogP contribution in [-0.4, -0.2) is 12.0 Å². The Hall–Kier alpha value is -2.01. The van der Waals surface area contributed by atoms with Crippen LogP contribution in [0.2, 0.25) is 0 Å². The van der Waals surface area contributed by atoms with Crippen molar-refractivity contribution in [3.63, 3.8) is 0 Å². The Balaban J connectivity index is 2.08. The molecule has 5 heteroatoms. The third kappa shape index (κ3) is 4.99. The molecule has 0 fully saturated rings. The van der Waals surface area contributed by atoms with Crippen molar-refractivity contribution in [2.75, 3.05) is 11.1 Å². The maximum atomic E-state index is 12.3. The number of amides is 1. The lowest BCUT2D eigenvalue weighted by atomic mass is 10.1. The molecule has 0 heterocycles. The molecule has 0 aliphatic rings. The van der Waals surface area contributed by atoms with E-state index >= 15 is 0 Å². The first-order valence-corrected chi connectivity index (χ1v) is 8.25. The molecule has 0 bridgehead atoms. The molecule has 1 amide bonds. The molecule has 0 aromatic heterocycles. The molecule has 122 valence electrons. The van der Waals surface area contributed by atoms with Gasteiger partial charge in [-0.3, -0.25) is 4.79 Å². The molecule has 0 aliphatic heterocycles.